The van der Waals surface area contributed by atoms with Crippen molar-refractivity contribution in [2.75, 3.05) is 11.9 Å². The molecule has 1 fully saturated rings. The standard InChI is InChI=1S/C13H16N2O4/c16-11-6-9(12(17)18)4-5-10(11)15-13(19)14-7-8-2-1-3-8/h4-6,8,16H,1-3,7H2,(H,17,18)(H2,14,15,19). The number of amides is 2. The second-order valence-corrected chi connectivity index (χ2v) is 4.67. The van der Waals surface area contributed by atoms with Crippen LogP contribution in [-0.4, -0.2) is 28.8 Å². The molecule has 2 rings (SSSR count). The molecule has 0 aromatic heterocycles. The average Bonchev–Trinajstić information content (AvgIpc) is 2.29. The van der Waals surface area contributed by atoms with Gasteiger partial charge in [-0.1, -0.05) is 6.42 Å². The molecule has 1 aliphatic rings. The van der Waals surface area contributed by atoms with E-state index in [0.717, 1.165) is 18.9 Å². The molecule has 1 aliphatic carbocycles. The number of phenolic OH excluding ortho intramolecular Hbond substituents is 1. The van der Waals surface area contributed by atoms with Crippen LogP contribution in [0.4, 0.5) is 10.5 Å². The van der Waals surface area contributed by atoms with Crippen molar-refractivity contribution in [3.8, 4) is 5.75 Å². The maximum absolute atomic E-state index is 11.6. The molecule has 1 saturated carbocycles. The van der Waals surface area contributed by atoms with Crippen LogP contribution in [0.3, 0.4) is 0 Å². The molecule has 0 bridgehead atoms. The highest BCUT2D eigenvalue weighted by molar-refractivity contribution is 5.93. The molecule has 1 aromatic rings. The third kappa shape index (κ3) is 3.37. The Hall–Kier alpha value is -2.24. The summed E-state index contributed by atoms with van der Waals surface area (Å²) >= 11 is 0. The first-order valence-corrected chi connectivity index (χ1v) is 6.17. The smallest absolute Gasteiger partial charge is 0.335 e. The van der Waals surface area contributed by atoms with Crippen LogP contribution in [0.15, 0.2) is 18.2 Å². The maximum Gasteiger partial charge on any atom is 0.335 e. The SMILES string of the molecule is O=C(NCC1CCC1)Nc1ccc(C(=O)O)cc1O. The minimum atomic E-state index is -1.13. The van der Waals surface area contributed by atoms with Crippen molar-refractivity contribution in [2.45, 2.75) is 19.3 Å². The second kappa shape index (κ2) is 5.60. The summed E-state index contributed by atoms with van der Waals surface area (Å²) in [5.41, 5.74) is 0.161. The molecule has 0 spiro atoms. The summed E-state index contributed by atoms with van der Waals surface area (Å²) in [6.45, 7) is 0.625. The van der Waals surface area contributed by atoms with Gasteiger partial charge in [0.1, 0.15) is 5.75 Å². The molecular formula is C13H16N2O4. The summed E-state index contributed by atoms with van der Waals surface area (Å²) in [5, 5.41) is 23.6. The highest BCUT2D eigenvalue weighted by Gasteiger charge is 2.18. The van der Waals surface area contributed by atoms with Crippen molar-refractivity contribution < 1.29 is 19.8 Å². The number of aromatic hydroxyl groups is 1. The minimum Gasteiger partial charge on any atom is -0.506 e. The Morgan fingerprint density at radius 2 is 2.05 bits per heavy atom. The quantitative estimate of drug-likeness (QED) is 0.625. The van der Waals surface area contributed by atoms with E-state index in [2.05, 4.69) is 10.6 Å². The summed E-state index contributed by atoms with van der Waals surface area (Å²) in [7, 11) is 0. The van der Waals surface area contributed by atoms with Crippen LogP contribution >= 0.6 is 0 Å². The molecule has 0 saturated heterocycles. The summed E-state index contributed by atoms with van der Waals surface area (Å²) < 4.78 is 0. The lowest BCUT2D eigenvalue weighted by Gasteiger charge is -2.25. The molecule has 19 heavy (non-hydrogen) atoms. The minimum absolute atomic E-state index is 0.0297. The van der Waals surface area contributed by atoms with Gasteiger partial charge in [-0.15, -0.1) is 0 Å². The van der Waals surface area contributed by atoms with Crippen LogP contribution < -0.4 is 10.6 Å². The zero-order valence-corrected chi connectivity index (χ0v) is 10.3. The van der Waals surface area contributed by atoms with Crippen LogP contribution in [0, 0.1) is 5.92 Å². The molecule has 2 amide bonds. The molecule has 6 nitrogen and oxygen atoms in total. The highest BCUT2D eigenvalue weighted by Crippen LogP contribution is 2.26. The third-order valence-corrected chi connectivity index (χ3v) is 3.27. The van der Waals surface area contributed by atoms with Crippen LogP contribution in [-0.2, 0) is 0 Å². The molecule has 0 radical (unpaired) electrons. The Morgan fingerprint density at radius 3 is 2.58 bits per heavy atom. The van der Waals surface area contributed by atoms with E-state index < -0.39 is 12.0 Å². The maximum atomic E-state index is 11.6. The lowest BCUT2D eigenvalue weighted by Crippen LogP contribution is -2.35. The van der Waals surface area contributed by atoms with E-state index in [0.29, 0.717) is 12.5 Å². The van der Waals surface area contributed by atoms with Gasteiger partial charge >= 0.3 is 12.0 Å². The van der Waals surface area contributed by atoms with Crippen LogP contribution in [0.25, 0.3) is 0 Å². The number of carbonyl (C=O) groups excluding carboxylic acids is 1. The Labute approximate surface area is 110 Å². The fourth-order valence-electron chi connectivity index (χ4n) is 1.87. The van der Waals surface area contributed by atoms with Crippen molar-refractivity contribution >= 4 is 17.7 Å². The number of carboxylic acids is 1. The molecule has 0 atom stereocenters. The lowest BCUT2D eigenvalue weighted by molar-refractivity contribution is 0.0696. The summed E-state index contributed by atoms with van der Waals surface area (Å²) in [5.74, 6) is -0.844. The summed E-state index contributed by atoms with van der Waals surface area (Å²) in [6, 6.07) is 3.39. The zero-order valence-electron chi connectivity index (χ0n) is 10.3. The first kappa shape index (κ1) is 13.2. The van der Waals surface area contributed by atoms with Crippen LogP contribution in [0.2, 0.25) is 0 Å². The first-order chi connectivity index (χ1) is 9.06. The number of rotatable bonds is 4. The molecule has 102 valence electrons. The van der Waals surface area contributed by atoms with E-state index in [1.165, 1.54) is 18.6 Å². The number of urea groups is 1. The van der Waals surface area contributed by atoms with Crippen molar-refractivity contribution in [3.05, 3.63) is 23.8 Å². The van der Waals surface area contributed by atoms with Crippen molar-refractivity contribution in [2.24, 2.45) is 5.92 Å². The monoisotopic (exact) mass is 264 g/mol. The van der Waals surface area contributed by atoms with Gasteiger partial charge in [-0.25, -0.2) is 9.59 Å². The summed E-state index contributed by atoms with van der Waals surface area (Å²) in [4.78, 5) is 22.3. The van der Waals surface area contributed by atoms with Crippen LogP contribution in [0.5, 0.6) is 5.75 Å². The van der Waals surface area contributed by atoms with Gasteiger partial charge in [-0.3, -0.25) is 0 Å². The molecule has 4 N–H and O–H groups in total. The lowest BCUT2D eigenvalue weighted by atomic mass is 9.85. The van der Waals surface area contributed by atoms with Gasteiger partial charge in [0.15, 0.2) is 0 Å². The van der Waals surface area contributed by atoms with Crippen LogP contribution in [0.1, 0.15) is 29.6 Å². The van der Waals surface area contributed by atoms with Crippen molar-refractivity contribution in [3.63, 3.8) is 0 Å². The van der Waals surface area contributed by atoms with E-state index >= 15 is 0 Å². The van der Waals surface area contributed by atoms with Gasteiger partial charge in [0.25, 0.3) is 0 Å². The van der Waals surface area contributed by atoms with Crippen molar-refractivity contribution in [1.29, 1.82) is 0 Å². The average molecular weight is 264 g/mol. The Kier molecular flexibility index (Phi) is 3.89. The number of carboxylic acid groups (broad SMARTS) is 1. The highest BCUT2D eigenvalue weighted by atomic mass is 16.4. The van der Waals surface area contributed by atoms with E-state index in [1.807, 2.05) is 0 Å². The number of hydrogen-bond donors (Lipinski definition) is 4. The van der Waals surface area contributed by atoms with E-state index in [1.54, 1.807) is 0 Å². The second-order valence-electron chi connectivity index (χ2n) is 4.67. The van der Waals surface area contributed by atoms with Gasteiger partial charge in [0.05, 0.1) is 11.3 Å². The molecule has 1 aromatic carbocycles. The predicted molar refractivity (Wildman–Crippen MR) is 69.4 cm³/mol. The molecule has 6 heteroatoms. The third-order valence-electron chi connectivity index (χ3n) is 3.27. The number of aromatic carboxylic acids is 1. The fourth-order valence-corrected chi connectivity index (χ4v) is 1.87. The number of benzene rings is 1. The van der Waals surface area contributed by atoms with Gasteiger partial charge in [-0.2, -0.15) is 0 Å². The number of carbonyl (C=O) groups is 2. The van der Waals surface area contributed by atoms with E-state index in [-0.39, 0.29) is 17.0 Å². The van der Waals surface area contributed by atoms with E-state index in [4.69, 9.17) is 5.11 Å². The van der Waals surface area contributed by atoms with Crippen molar-refractivity contribution in [1.82, 2.24) is 5.32 Å². The zero-order chi connectivity index (χ0) is 13.8. The topological polar surface area (TPSA) is 98.7 Å². The van der Waals surface area contributed by atoms with Gasteiger partial charge in [0.2, 0.25) is 0 Å². The normalized spacial score (nSPS) is 14.5. The first-order valence-electron chi connectivity index (χ1n) is 6.17. The Balaban J connectivity index is 1.90. The Bertz CT molecular complexity index is 497. The number of phenols is 1. The fraction of sp³-hybridized carbons (Fsp3) is 0.385. The molecule has 0 heterocycles. The van der Waals surface area contributed by atoms with Gasteiger partial charge < -0.3 is 20.8 Å². The predicted octanol–water partition coefficient (Wildman–Crippen LogP) is 2.01. The number of hydrogen-bond acceptors (Lipinski definition) is 3. The number of nitrogens with one attached hydrogen (secondary N) is 2. The summed E-state index contributed by atoms with van der Waals surface area (Å²) in [6.07, 6.45) is 3.49. The van der Waals surface area contributed by atoms with E-state index in [9.17, 15) is 14.7 Å². The molecule has 0 aliphatic heterocycles. The Morgan fingerprint density at radius 1 is 1.32 bits per heavy atom. The largest absolute Gasteiger partial charge is 0.506 e. The molecule has 0 unspecified atom stereocenters. The number of anilines is 1. The van der Waals surface area contributed by atoms with Gasteiger partial charge in [0, 0.05) is 6.54 Å². The molecular weight excluding hydrogens is 248 g/mol. The van der Waals surface area contributed by atoms with Gasteiger partial charge in [-0.05, 0) is 37.0 Å².